The molecule has 3 rings (SSSR count). The molecule has 3 aromatic rings. The number of hydrogen-bond acceptors (Lipinski definition) is 5. The molecule has 0 bridgehead atoms. The average molecular weight is 381 g/mol. The number of amides is 1. The number of benzene rings is 1. The molecule has 0 radical (unpaired) electrons. The zero-order valence-corrected chi connectivity index (χ0v) is 16.8. The molecule has 2 aromatic heterocycles. The zero-order chi connectivity index (χ0) is 20.1. The summed E-state index contributed by atoms with van der Waals surface area (Å²) in [6, 6.07) is 10.2. The third kappa shape index (κ3) is 4.65. The lowest BCUT2D eigenvalue weighted by Crippen LogP contribution is -2.17. The number of aryl methyl sites for hydroxylation is 1. The Labute approximate surface area is 165 Å². The summed E-state index contributed by atoms with van der Waals surface area (Å²) in [7, 11) is 0. The van der Waals surface area contributed by atoms with Crippen LogP contribution in [0.1, 0.15) is 64.0 Å². The Morgan fingerprint density at radius 2 is 1.93 bits per heavy atom. The predicted octanol–water partition coefficient (Wildman–Crippen LogP) is 4.60. The summed E-state index contributed by atoms with van der Waals surface area (Å²) in [6.45, 7) is 8.46. The molecule has 7 nitrogen and oxygen atoms in total. The number of nitrogens with zero attached hydrogens (tertiary/aromatic N) is 4. The maximum Gasteiger partial charge on any atom is 0.227 e. The maximum atomic E-state index is 12.3. The largest absolute Gasteiger partial charge is 0.339 e. The van der Waals surface area contributed by atoms with Gasteiger partial charge in [0, 0.05) is 24.5 Å². The molecule has 0 aliphatic carbocycles. The van der Waals surface area contributed by atoms with Gasteiger partial charge in [0.1, 0.15) is 5.82 Å². The van der Waals surface area contributed by atoms with Gasteiger partial charge in [0.15, 0.2) is 0 Å². The predicted molar refractivity (Wildman–Crippen MR) is 108 cm³/mol. The molecule has 0 aliphatic rings. The first kappa shape index (κ1) is 19.8. The third-order valence-corrected chi connectivity index (χ3v) is 4.82. The number of anilines is 1. The lowest BCUT2D eigenvalue weighted by atomic mass is 10.0. The van der Waals surface area contributed by atoms with Gasteiger partial charge in [-0.25, -0.2) is 4.68 Å². The van der Waals surface area contributed by atoms with E-state index in [1.54, 1.807) is 12.3 Å². The minimum absolute atomic E-state index is 0.105. The highest BCUT2D eigenvalue weighted by Gasteiger charge is 2.14. The van der Waals surface area contributed by atoms with Crippen molar-refractivity contribution in [1.29, 1.82) is 0 Å². The Bertz CT molecular complexity index is 911. The highest BCUT2D eigenvalue weighted by atomic mass is 16.5. The number of aromatic nitrogens is 4. The van der Waals surface area contributed by atoms with E-state index in [1.165, 1.54) is 5.56 Å². The van der Waals surface area contributed by atoms with Crippen LogP contribution in [0.2, 0.25) is 0 Å². The van der Waals surface area contributed by atoms with Crippen LogP contribution >= 0.6 is 0 Å². The molecule has 1 atom stereocenters. The highest BCUT2D eigenvalue weighted by Crippen LogP contribution is 2.21. The Hall–Kier alpha value is -2.96. The molecule has 7 heteroatoms. The first-order chi connectivity index (χ1) is 13.5. The minimum Gasteiger partial charge on any atom is -0.339 e. The SMILES string of the molecule is CCC(C)n1nccc1NC(=O)CCc1nc(-c2ccc(C(C)C)cc2)no1. The van der Waals surface area contributed by atoms with Crippen LogP contribution in [0.15, 0.2) is 41.1 Å². The van der Waals surface area contributed by atoms with Crippen LogP contribution in [-0.2, 0) is 11.2 Å². The number of rotatable bonds is 8. The third-order valence-electron chi connectivity index (χ3n) is 4.82. The molecule has 0 spiro atoms. The molecule has 0 saturated heterocycles. The van der Waals surface area contributed by atoms with E-state index in [-0.39, 0.29) is 18.4 Å². The van der Waals surface area contributed by atoms with Crippen molar-refractivity contribution >= 4 is 11.7 Å². The van der Waals surface area contributed by atoms with Gasteiger partial charge in [0.05, 0.1) is 12.2 Å². The molecule has 0 fully saturated rings. The van der Waals surface area contributed by atoms with Gasteiger partial charge >= 0.3 is 0 Å². The molecular formula is C21H27N5O2. The molecule has 148 valence electrons. The van der Waals surface area contributed by atoms with Crippen molar-refractivity contribution < 1.29 is 9.32 Å². The zero-order valence-electron chi connectivity index (χ0n) is 16.8. The van der Waals surface area contributed by atoms with Crippen LogP contribution in [0.5, 0.6) is 0 Å². The summed E-state index contributed by atoms with van der Waals surface area (Å²) < 4.78 is 7.13. The molecular weight excluding hydrogens is 354 g/mol. The normalized spacial score (nSPS) is 12.3. The molecule has 0 saturated carbocycles. The number of carbonyl (C=O) groups is 1. The van der Waals surface area contributed by atoms with E-state index in [9.17, 15) is 4.79 Å². The molecule has 1 N–H and O–H groups in total. The quantitative estimate of drug-likeness (QED) is 0.616. The molecule has 1 aromatic carbocycles. The van der Waals surface area contributed by atoms with Crippen molar-refractivity contribution in [3.63, 3.8) is 0 Å². The van der Waals surface area contributed by atoms with Crippen LogP contribution in [0, 0.1) is 0 Å². The second-order valence-electron chi connectivity index (χ2n) is 7.25. The number of hydrogen-bond donors (Lipinski definition) is 1. The summed E-state index contributed by atoms with van der Waals surface area (Å²) in [6.07, 6.45) is 3.28. The molecule has 1 unspecified atom stereocenters. The first-order valence-electron chi connectivity index (χ1n) is 9.74. The monoisotopic (exact) mass is 381 g/mol. The van der Waals surface area contributed by atoms with Gasteiger partial charge in [0.2, 0.25) is 17.6 Å². The van der Waals surface area contributed by atoms with Crippen LogP contribution in [0.4, 0.5) is 5.82 Å². The van der Waals surface area contributed by atoms with Crippen molar-refractivity contribution in [2.75, 3.05) is 5.32 Å². The van der Waals surface area contributed by atoms with Crippen molar-refractivity contribution in [3.05, 3.63) is 48.0 Å². The maximum absolute atomic E-state index is 12.3. The minimum atomic E-state index is -0.105. The molecule has 2 heterocycles. The fourth-order valence-corrected chi connectivity index (χ4v) is 2.85. The lowest BCUT2D eigenvalue weighted by molar-refractivity contribution is -0.116. The van der Waals surface area contributed by atoms with Crippen LogP contribution in [0.25, 0.3) is 11.4 Å². The van der Waals surface area contributed by atoms with E-state index in [4.69, 9.17) is 4.52 Å². The van der Waals surface area contributed by atoms with E-state index in [1.807, 2.05) is 16.8 Å². The Kier molecular flexibility index (Phi) is 6.23. The van der Waals surface area contributed by atoms with E-state index in [0.717, 1.165) is 12.0 Å². The van der Waals surface area contributed by atoms with Crippen LogP contribution in [0.3, 0.4) is 0 Å². The van der Waals surface area contributed by atoms with Gasteiger partial charge in [-0.3, -0.25) is 4.79 Å². The van der Waals surface area contributed by atoms with Crippen molar-refractivity contribution in [3.8, 4) is 11.4 Å². The van der Waals surface area contributed by atoms with Crippen LogP contribution in [-0.4, -0.2) is 25.8 Å². The molecule has 0 aliphatic heterocycles. The highest BCUT2D eigenvalue weighted by molar-refractivity contribution is 5.89. The Morgan fingerprint density at radius 3 is 2.61 bits per heavy atom. The lowest BCUT2D eigenvalue weighted by Gasteiger charge is -2.13. The van der Waals surface area contributed by atoms with E-state index in [2.05, 4.69) is 60.4 Å². The average Bonchev–Trinajstić information content (AvgIpc) is 3.35. The van der Waals surface area contributed by atoms with Gasteiger partial charge in [0.25, 0.3) is 0 Å². The summed E-state index contributed by atoms with van der Waals surface area (Å²) in [4.78, 5) is 16.7. The summed E-state index contributed by atoms with van der Waals surface area (Å²) in [5.41, 5.74) is 2.17. The first-order valence-corrected chi connectivity index (χ1v) is 9.74. The number of carbonyl (C=O) groups excluding carboxylic acids is 1. The number of nitrogens with one attached hydrogen (secondary N) is 1. The van der Waals surface area contributed by atoms with Gasteiger partial charge in [-0.15, -0.1) is 0 Å². The molecule has 28 heavy (non-hydrogen) atoms. The van der Waals surface area contributed by atoms with Crippen molar-refractivity contribution in [1.82, 2.24) is 19.9 Å². The van der Waals surface area contributed by atoms with Gasteiger partial charge in [-0.1, -0.05) is 50.2 Å². The van der Waals surface area contributed by atoms with Crippen molar-refractivity contribution in [2.45, 2.75) is 58.9 Å². The Morgan fingerprint density at radius 1 is 1.18 bits per heavy atom. The summed E-state index contributed by atoms with van der Waals surface area (Å²) >= 11 is 0. The molecule has 1 amide bonds. The second kappa shape index (κ2) is 8.82. The van der Waals surface area contributed by atoms with Crippen LogP contribution < -0.4 is 5.32 Å². The smallest absolute Gasteiger partial charge is 0.227 e. The second-order valence-corrected chi connectivity index (χ2v) is 7.25. The van der Waals surface area contributed by atoms with E-state index in [0.29, 0.717) is 29.9 Å². The van der Waals surface area contributed by atoms with Gasteiger partial charge in [-0.05, 0) is 24.8 Å². The van der Waals surface area contributed by atoms with Gasteiger partial charge in [-0.2, -0.15) is 10.1 Å². The fraction of sp³-hybridized carbons (Fsp3) is 0.429. The standard InChI is InChI=1S/C21H27N5O2/c1-5-15(4)26-18(12-13-22-26)23-19(27)10-11-20-24-21(25-28-20)17-8-6-16(7-9-17)14(2)3/h6-9,12-15H,5,10-11H2,1-4H3,(H,23,27). The fourth-order valence-electron chi connectivity index (χ4n) is 2.85. The Balaban J connectivity index is 1.57. The summed E-state index contributed by atoms with van der Waals surface area (Å²) in [5, 5.41) is 11.2. The topological polar surface area (TPSA) is 85.8 Å². The van der Waals surface area contributed by atoms with Gasteiger partial charge < -0.3 is 9.84 Å². The van der Waals surface area contributed by atoms with E-state index >= 15 is 0 Å². The van der Waals surface area contributed by atoms with Crippen molar-refractivity contribution in [2.24, 2.45) is 0 Å². The van der Waals surface area contributed by atoms with E-state index < -0.39 is 0 Å². The summed E-state index contributed by atoms with van der Waals surface area (Å²) in [5.74, 6) is 2.07.